The first-order valence-corrected chi connectivity index (χ1v) is 6.56. The van der Waals surface area contributed by atoms with Crippen LogP contribution >= 0.6 is 24.0 Å². The van der Waals surface area contributed by atoms with Crippen LogP contribution in [-0.2, 0) is 4.74 Å². The summed E-state index contributed by atoms with van der Waals surface area (Å²) in [6, 6.07) is 4.98. The topological polar surface area (TPSA) is 46.5 Å². The number of Topliss-reactive ketones (excluding diaryl/α,β-unsaturated/α-hetero) is 1. The highest BCUT2D eigenvalue weighted by Gasteiger charge is 2.12. The molecule has 1 aromatic carbocycles. The number of aromatic hydroxyl groups is 1. The first-order chi connectivity index (χ1) is 8.04. The molecule has 0 radical (unpaired) electrons. The van der Waals surface area contributed by atoms with Crippen molar-refractivity contribution in [3.8, 4) is 5.75 Å². The van der Waals surface area contributed by atoms with Gasteiger partial charge in [0.15, 0.2) is 5.78 Å². The Balaban J connectivity index is 2.61. The monoisotopic (exact) mass is 270 g/mol. The number of carbonyl (C=O) groups is 1. The summed E-state index contributed by atoms with van der Waals surface area (Å²) in [4.78, 5) is 11.8. The normalized spacial score (nSPS) is 10.0. The van der Waals surface area contributed by atoms with E-state index in [-0.39, 0.29) is 17.3 Å². The minimum absolute atomic E-state index is 0.0120. The van der Waals surface area contributed by atoms with Crippen molar-refractivity contribution in [1.82, 2.24) is 0 Å². The van der Waals surface area contributed by atoms with Gasteiger partial charge < -0.3 is 9.84 Å². The summed E-state index contributed by atoms with van der Waals surface area (Å²) in [5, 5.41) is 9.64. The molecule has 0 amide bonds. The van der Waals surface area contributed by atoms with Gasteiger partial charge in [-0.15, -0.1) is 0 Å². The zero-order valence-corrected chi connectivity index (χ0v) is 11.4. The van der Waals surface area contributed by atoms with Gasteiger partial charge in [-0.25, -0.2) is 0 Å². The second-order valence-corrected chi connectivity index (χ2v) is 4.99. The van der Waals surface area contributed by atoms with Crippen LogP contribution in [0, 0.1) is 6.92 Å². The Morgan fingerprint density at radius 1 is 1.53 bits per heavy atom. The van der Waals surface area contributed by atoms with Gasteiger partial charge in [-0.3, -0.25) is 4.79 Å². The lowest BCUT2D eigenvalue weighted by Gasteiger charge is -2.05. The molecule has 3 nitrogen and oxygen atoms in total. The van der Waals surface area contributed by atoms with Crippen LogP contribution in [0.2, 0.25) is 0 Å². The number of phenols is 1. The lowest BCUT2D eigenvalue weighted by Crippen LogP contribution is -2.06. The summed E-state index contributed by atoms with van der Waals surface area (Å²) < 4.78 is 5.41. The molecule has 0 aromatic heterocycles. The number of hydrogen-bond acceptors (Lipinski definition) is 5. The van der Waals surface area contributed by atoms with E-state index >= 15 is 0 Å². The average molecular weight is 270 g/mol. The van der Waals surface area contributed by atoms with Crippen molar-refractivity contribution in [3.05, 3.63) is 29.3 Å². The number of benzene rings is 1. The molecule has 1 N–H and O–H groups in total. The molecule has 1 rings (SSSR count). The third-order valence-corrected chi connectivity index (χ3v) is 3.27. The molecule has 0 saturated carbocycles. The lowest BCUT2D eigenvalue weighted by molar-refractivity contribution is 0.102. The van der Waals surface area contributed by atoms with Crippen LogP contribution in [0.5, 0.6) is 5.75 Å². The molecule has 0 bridgehead atoms. The van der Waals surface area contributed by atoms with Crippen molar-refractivity contribution in [2.45, 2.75) is 13.8 Å². The van der Waals surface area contributed by atoms with Crippen molar-refractivity contribution in [3.63, 3.8) is 0 Å². The molecule has 0 aliphatic rings. The minimum Gasteiger partial charge on any atom is -0.507 e. The second-order valence-electron chi connectivity index (χ2n) is 3.42. The van der Waals surface area contributed by atoms with Gasteiger partial charge in [0.1, 0.15) is 5.75 Å². The maximum atomic E-state index is 11.8. The molecular weight excluding hydrogens is 256 g/mol. The lowest BCUT2D eigenvalue weighted by atomic mass is 10.1. The van der Waals surface area contributed by atoms with Crippen molar-refractivity contribution in [2.24, 2.45) is 0 Å². The average Bonchev–Trinajstić information content (AvgIpc) is 2.26. The van der Waals surface area contributed by atoms with Crippen molar-refractivity contribution in [2.75, 3.05) is 12.4 Å². The summed E-state index contributed by atoms with van der Waals surface area (Å²) in [6.07, 6.45) is 0. The number of phenolic OH excluding ortho intramolecular Hbond substituents is 1. The Labute approximate surface area is 110 Å². The quantitative estimate of drug-likeness (QED) is 0.673. The van der Waals surface area contributed by atoms with Crippen LogP contribution in [0.1, 0.15) is 22.8 Å². The molecule has 92 valence electrons. The fourth-order valence-electron chi connectivity index (χ4n) is 1.24. The molecule has 5 heteroatoms. The van der Waals surface area contributed by atoms with Crippen LogP contribution in [0.15, 0.2) is 18.2 Å². The van der Waals surface area contributed by atoms with E-state index in [9.17, 15) is 9.90 Å². The van der Waals surface area contributed by atoms with E-state index in [1.165, 1.54) is 11.8 Å². The maximum absolute atomic E-state index is 11.8. The molecule has 17 heavy (non-hydrogen) atoms. The van der Waals surface area contributed by atoms with Crippen molar-refractivity contribution in [1.29, 1.82) is 0 Å². The van der Waals surface area contributed by atoms with E-state index in [4.69, 9.17) is 17.0 Å². The number of ketones is 1. The summed E-state index contributed by atoms with van der Waals surface area (Å²) in [7, 11) is 0. The van der Waals surface area contributed by atoms with Gasteiger partial charge in [0.25, 0.3) is 0 Å². The number of ether oxygens (including phenoxy) is 1. The van der Waals surface area contributed by atoms with Gasteiger partial charge in [0.05, 0.1) is 17.9 Å². The van der Waals surface area contributed by atoms with Gasteiger partial charge in [0, 0.05) is 0 Å². The van der Waals surface area contributed by atoms with E-state index < -0.39 is 0 Å². The van der Waals surface area contributed by atoms with Crippen molar-refractivity contribution >= 4 is 34.1 Å². The summed E-state index contributed by atoms with van der Waals surface area (Å²) in [5.74, 6) is 0.0302. The van der Waals surface area contributed by atoms with Gasteiger partial charge in [0.2, 0.25) is 4.38 Å². The van der Waals surface area contributed by atoms with Gasteiger partial charge >= 0.3 is 0 Å². The Morgan fingerprint density at radius 3 is 2.82 bits per heavy atom. The number of rotatable bonds is 4. The third kappa shape index (κ3) is 4.36. The first-order valence-electron chi connectivity index (χ1n) is 5.17. The predicted octanol–water partition coefficient (Wildman–Crippen LogP) is 2.94. The summed E-state index contributed by atoms with van der Waals surface area (Å²) in [6.45, 7) is 4.18. The fraction of sp³-hybridized carbons (Fsp3) is 0.333. The Bertz CT molecular complexity index is 430. The number of carbonyl (C=O) groups excluding carboxylic acids is 1. The SMILES string of the molecule is CCOC(=S)SCC(=O)c1ccc(C)cc1O. The van der Waals surface area contributed by atoms with E-state index in [0.29, 0.717) is 16.6 Å². The van der Waals surface area contributed by atoms with E-state index in [2.05, 4.69) is 0 Å². The number of thiocarbonyl (C=S) groups is 1. The Morgan fingerprint density at radius 2 is 2.24 bits per heavy atom. The summed E-state index contributed by atoms with van der Waals surface area (Å²) in [5.41, 5.74) is 1.24. The molecule has 0 atom stereocenters. The number of thioether (sulfide) groups is 1. The predicted molar refractivity (Wildman–Crippen MR) is 73.9 cm³/mol. The Hall–Kier alpha value is -1.07. The zero-order chi connectivity index (χ0) is 12.8. The third-order valence-electron chi connectivity index (χ3n) is 2.04. The van der Waals surface area contributed by atoms with Crippen LogP contribution in [0.25, 0.3) is 0 Å². The van der Waals surface area contributed by atoms with E-state index in [1.54, 1.807) is 18.2 Å². The molecular formula is C12H14O3S2. The van der Waals surface area contributed by atoms with Gasteiger partial charge in [-0.2, -0.15) is 0 Å². The fourth-order valence-corrected chi connectivity index (χ4v) is 2.14. The standard InChI is InChI=1S/C12H14O3S2/c1-3-15-12(16)17-7-11(14)9-5-4-8(2)6-10(9)13/h4-6,13H,3,7H2,1-2H3. The molecule has 0 spiro atoms. The van der Waals surface area contributed by atoms with Crippen molar-refractivity contribution < 1.29 is 14.6 Å². The Kier molecular flexibility index (Phi) is 5.44. The number of hydrogen-bond donors (Lipinski definition) is 1. The molecule has 1 aromatic rings. The highest BCUT2D eigenvalue weighted by Crippen LogP contribution is 2.20. The van der Waals surface area contributed by atoms with E-state index in [0.717, 1.165) is 5.56 Å². The summed E-state index contributed by atoms with van der Waals surface area (Å²) >= 11 is 6.07. The highest BCUT2D eigenvalue weighted by atomic mass is 32.2. The highest BCUT2D eigenvalue weighted by molar-refractivity contribution is 8.23. The maximum Gasteiger partial charge on any atom is 0.220 e. The molecule has 0 aliphatic heterocycles. The molecule has 0 saturated heterocycles. The molecule has 0 heterocycles. The van der Waals surface area contributed by atoms with E-state index in [1.807, 2.05) is 13.8 Å². The smallest absolute Gasteiger partial charge is 0.220 e. The minimum atomic E-state index is -0.158. The van der Waals surface area contributed by atoms with Crippen LogP contribution in [0.3, 0.4) is 0 Å². The van der Waals surface area contributed by atoms with Crippen LogP contribution in [0.4, 0.5) is 0 Å². The molecule has 0 fully saturated rings. The first kappa shape index (κ1) is 14.0. The van der Waals surface area contributed by atoms with Crippen LogP contribution in [-0.4, -0.2) is 27.6 Å². The van der Waals surface area contributed by atoms with Crippen LogP contribution < -0.4 is 0 Å². The zero-order valence-electron chi connectivity index (χ0n) is 9.73. The molecule has 0 unspecified atom stereocenters. The largest absolute Gasteiger partial charge is 0.507 e. The second kappa shape index (κ2) is 6.61. The van der Waals surface area contributed by atoms with Gasteiger partial charge in [-0.1, -0.05) is 17.8 Å². The van der Waals surface area contributed by atoms with Gasteiger partial charge in [-0.05, 0) is 43.8 Å². The number of aryl methyl sites for hydroxylation is 1. The molecule has 0 aliphatic carbocycles.